The highest BCUT2D eigenvalue weighted by atomic mass is 19.1. The maximum atomic E-state index is 12.9. The second kappa shape index (κ2) is 8.72. The highest BCUT2D eigenvalue weighted by Crippen LogP contribution is 2.20. The first-order valence-electron chi connectivity index (χ1n) is 9.00. The Morgan fingerprint density at radius 3 is 2.44 bits per heavy atom. The Morgan fingerprint density at radius 2 is 1.78 bits per heavy atom. The molecule has 0 bridgehead atoms. The lowest BCUT2D eigenvalue weighted by molar-refractivity contribution is 0.0924. The molecule has 1 fully saturated rings. The van der Waals surface area contributed by atoms with Crippen LogP contribution >= 0.6 is 0 Å². The molecular formula is C18H23FN6O2. The summed E-state index contributed by atoms with van der Waals surface area (Å²) < 4.78 is 14.7. The van der Waals surface area contributed by atoms with Gasteiger partial charge in [-0.1, -0.05) is 5.21 Å². The Balaban J connectivity index is 1.47. The Morgan fingerprint density at radius 1 is 1.15 bits per heavy atom. The van der Waals surface area contributed by atoms with Crippen molar-refractivity contribution in [2.45, 2.75) is 25.8 Å². The van der Waals surface area contributed by atoms with E-state index in [1.165, 1.54) is 24.3 Å². The van der Waals surface area contributed by atoms with Gasteiger partial charge in [0.2, 0.25) is 0 Å². The number of halogens is 1. The summed E-state index contributed by atoms with van der Waals surface area (Å²) in [5.74, 6) is -1.03. The van der Waals surface area contributed by atoms with E-state index in [9.17, 15) is 14.0 Å². The lowest BCUT2D eigenvalue weighted by Crippen LogP contribution is -2.35. The van der Waals surface area contributed by atoms with Gasteiger partial charge in [0, 0.05) is 18.7 Å². The minimum atomic E-state index is -0.397. The van der Waals surface area contributed by atoms with Gasteiger partial charge in [0.15, 0.2) is 5.69 Å². The maximum Gasteiger partial charge on any atom is 0.273 e. The van der Waals surface area contributed by atoms with Crippen LogP contribution in [0.5, 0.6) is 0 Å². The van der Waals surface area contributed by atoms with Crippen LogP contribution in [-0.4, -0.2) is 53.0 Å². The normalized spacial score (nSPS) is 14.7. The van der Waals surface area contributed by atoms with Gasteiger partial charge in [-0.05, 0) is 57.1 Å². The third-order valence-corrected chi connectivity index (χ3v) is 4.60. The molecule has 27 heavy (non-hydrogen) atoms. The van der Waals surface area contributed by atoms with E-state index in [0.29, 0.717) is 11.3 Å². The van der Waals surface area contributed by atoms with Crippen LogP contribution in [0.3, 0.4) is 0 Å². The van der Waals surface area contributed by atoms with Crippen LogP contribution in [0.1, 0.15) is 45.4 Å². The number of benzene rings is 1. The summed E-state index contributed by atoms with van der Waals surface area (Å²) in [6.45, 7) is 4.21. The first kappa shape index (κ1) is 19.0. The summed E-state index contributed by atoms with van der Waals surface area (Å²) in [6, 6.07) is 5.53. The molecule has 1 saturated heterocycles. The monoisotopic (exact) mass is 374 g/mol. The summed E-state index contributed by atoms with van der Waals surface area (Å²) in [5, 5.41) is 16.9. The minimum absolute atomic E-state index is 0.253. The van der Waals surface area contributed by atoms with Crippen LogP contribution < -0.4 is 16.0 Å². The number of hydrogen-bond acceptors (Lipinski definition) is 5. The Labute approximate surface area is 156 Å². The van der Waals surface area contributed by atoms with E-state index in [0.717, 1.165) is 31.6 Å². The number of rotatable bonds is 6. The van der Waals surface area contributed by atoms with Gasteiger partial charge in [0.1, 0.15) is 5.82 Å². The summed E-state index contributed by atoms with van der Waals surface area (Å²) in [4.78, 5) is 24.2. The zero-order valence-corrected chi connectivity index (χ0v) is 15.2. The molecule has 0 saturated carbocycles. The van der Waals surface area contributed by atoms with E-state index in [-0.39, 0.29) is 30.9 Å². The number of piperidine rings is 1. The summed E-state index contributed by atoms with van der Waals surface area (Å²) in [6.07, 6.45) is 1.92. The van der Waals surface area contributed by atoms with Crippen molar-refractivity contribution in [3.05, 3.63) is 47.0 Å². The van der Waals surface area contributed by atoms with Crippen LogP contribution in [0.4, 0.5) is 4.39 Å². The summed E-state index contributed by atoms with van der Waals surface area (Å²) >= 11 is 0. The van der Waals surface area contributed by atoms with Gasteiger partial charge >= 0.3 is 0 Å². The molecule has 0 spiro atoms. The molecule has 1 aromatic heterocycles. The zero-order valence-electron chi connectivity index (χ0n) is 15.2. The number of amides is 2. The third-order valence-electron chi connectivity index (χ3n) is 4.60. The molecule has 1 aliphatic rings. The minimum Gasteiger partial charge on any atom is -0.350 e. The van der Waals surface area contributed by atoms with Gasteiger partial charge in [0.25, 0.3) is 11.8 Å². The summed E-state index contributed by atoms with van der Waals surface area (Å²) in [5.41, 5.74) is 1.41. The van der Waals surface area contributed by atoms with Gasteiger partial charge in [-0.25, -0.2) is 9.07 Å². The van der Waals surface area contributed by atoms with Crippen molar-refractivity contribution in [3.63, 3.8) is 0 Å². The highest BCUT2D eigenvalue weighted by Gasteiger charge is 2.22. The van der Waals surface area contributed by atoms with Crippen LogP contribution in [-0.2, 0) is 0 Å². The second-order valence-corrected chi connectivity index (χ2v) is 6.47. The van der Waals surface area contributed by atoms with E-state index < -0.39 is 5.82 Å². The van der Waals surface area contributed by atoms with Crippen molar-refractivity contribution >= 4 is 11.8 Å². The fourth-order valence-corrected chi connectivity index (χ4v) is 3.09. The molecular weight excluding hydrogens is 351 g/mol. The summed E-state index contributed by atoms with van der Waals surface area (Å²) in [7, 11) is 0. The predicted molar refractivity (Wildman–Crippen MR) is 97.0 cm³/mol. The maximum absolute atomic E-state index is 12.9. The lowest BCUT2D eigenvalue weighted by atomic mass is 10.1. The number of hydrogen-bond donors (Lipinski definition) is 3. The van der Waals surface area contributed by atoms with E-state index in [4.69, 9.17) is 0 Å². The van der Waals surface area contributed by atoms with Gasteiger partial charge in [-0.15, -0.1) is 5.10 Å². The number of nitrogens with zero attached hydrogens (tertiary/aromatic N) is 3. The van der Waals surface area contributed by atoms with Gasteiger partial charge in [-0.3, -0.25) is 9.59 Å². The van der Waals surface area contributed by atoms with Crippen LogP contribution in [0.25, 0.3) is 0 Å². The quantitative estimate of drug-likeness (QED) is 0.650. The predicted octanol–water partition coefficient (Wildman–Crippen LogP) is 0.810. The zero-order chi connectivity index (χ0) is 19.2. The molecule has 1 aliphatic heterocycles. The molecule has 0 atom stereocenters. The highest BCUT2D eigenvalue weighted by molar-refractivity contribution is 5.94. The van der Waals surface area contributed by atoms with Crippen molar-refractivity contribution in [1.82, 2.24) is 30.9 Å². The van der Waals surface area contributed by atoms with Gasteiger partial charge < -0.3 is 16.0 Å². The topological polar surface area (TPSA) is 101 Å². The third kappa shape index (κ3) is 4.68. The van der Waals surface area contributed by atoms with Gasteiger partial charge in [0.05, 0.1) is 11.7 Å². The standard InChI is InChI=1S/C18H23FN6O2/c1-12-16(23-24-25(12)15-6-8-20-9-7-15)18(27)22-11-10-21-17(26)13-2-4-14(19)5-3-13/h2-5,15,20H,6-11H2,1H3,(H,21,26)(H,22,27). The van der Waals surface area contributed by atoms with E-state index in [2.05, 4.69) is 26.3 Å². The Kier molecular flexibility index (Phi) is 6.12. The molecule has 3 N–H and O–H groups in total. The first-order chi connectivity index (χ1) is 13.1. The molecule has 2 amide bonds. The lowest BCUT2D eigenvalue weighted by Gasteiger charge is -2.23. The molecule has 8 nitrogen and oxygen atoms in total. The average molecular weight is 374 g/mol. The average Bonchev–Trinajstić information content (AvgIpc) is 3.07. The van der Waals surface area contributed by atoms with Crippen molar-refractivity contribution in [1.29, 1.82) is 0 Å². The number of carbonyl (C=O) groups is 2. The van der Waals surface area contributed by atoms with Crippen molar-refractivity contribution in [3.8, 4) is 0 Å². The number of aromatic nitrogens is 3. The van der Waals surface area contributed by atoms with Crippen LogP contribution in [0.15, 0.2) is 24.3 Å². The SMILES string of the molecule is Cc1c(C(=O)NCCNC(=O)c2ccc(F)cc2)nnn1C1CCNCC1. The number of carbonyl (C=O) groups excluding carboxylic acids is 2. The molecule has 9 heteroatoms. The van der Waals surface area contributed by atoms with Crippen molar-refractivity contribution in [2.24, 2.45) is 0 Å². The first-order valence-corrected chi connectivity index (χ1v) is 9.00. The largest absolute Gasteiger partial charge is 0.350 e. The van der Waals surface area contributed by atoms with E-state index in [1.807, 2.05) is 11.6 Å². The van der Waals surface area contributed by atoms with E-state index in [1.54, 1.807) is 0 Å². The fraction of sp³-hybridized carbons (Fsp3) is 0.444. The molecule has 2 aromatic rings. The second-order valence-electron chi connectivity index (χ2n) is 6.47. The Hall–Kier alpha value is -2.81. The van der Waals surface area contributed by atoms with E-state index >= 15 is 0 Å². The van der Waals surface area contributed by atoms with Crippen LogP contribution in [0, 0.1) is 12.7 Å². The molecule has 2 heterocycles. The smallest absolute Gasteiger partial charge is 0.273 e. The molecule has 0 radical (unpaired) electrons. The number of nitrogens with one attached hydrogen (secondary N) is 3. The fourth-order valence-electron chi connectivity index (χ4n) is 3.09. The van der Waals surface area contributed by atoms with Gasteiger partial charge in [-0.2, -0.15) is 0 Å². The Bertz CT molecular complexity index is 799. The van der Waals surface area contributed by atoms with Crippen molar-refractivity contribution < 1.29 is 14.0 Å². The van der Waals surface area contributed by atoms with Crippen molar-refractivity contribution in [2.75, 3.05) is 26.2 Å². The molecule has 0 unspecified atom stereocenters. The molecule has 0 aliphatic carbocycles. The molecule has 144 valence electrons. The molecule has 1 aromatic carbocycles. The molecule has 3 rings (SSSR count). The van der Waals surface area contributed by atoms with Crippen LogP contribution in [0.2, 0.25) is 0 Å².